The summed E-state index contributed by atoms with van der Waals surface area (Å²) in [5, 5.41) is 18.7. The van der Waals surface area contributed by atoms with Crippen LogP contribution in [-0.2, 0) is 10.0 Å². The van der Waals surface area contributed by atoms with Gasteiger partial charge in [0.05, 0.1) is 11.9 Å². The fourth-order valence-corrected chi connectivity index (χ4v) is 2.19. The first kappa shape index (κ1) is 14.3. The highest BCUT2D eigenvalue weighted by molar-refractivity contribution is 7.89. The van der Waals surface area contributed by atoms with Crippen LogP contribution in [0.1, 0.15) is 17.3 Å². The van der Waals surface area contributed by atoms with Crippen molar-refractivity contribution in [2.75, 3.05) is 24.2 Å². The van der Waals surface area contributed by atoms with Gasteiger partial charge < -0.3 is 10.4 Å². The average Bonchev–Trinajstić information content (AvgIpc) is 2.29. The van der Waals surface area contributed by atoms with Crippen LogP contribution in [-0.4, -0.2) is 48.5 Å². The molecular weight excluding hydrogens is 260 g/mol. The Bertz CT molecular complexity index is 517. The molecule has 9 heteroatoms. The second-order valence-corrected chi connectivity index (χ2v) is 5.27. The lowest BCUT2D eigenvalue weighted by molar-refractivity contribution is 0.0697. The Kier molecular flexibility index (Phi) is 4.98. The molecule has 18 heavy (non-hydrogen) atoms. The van der Waals surface area contributed by atoms with E-state index < -0.39 is 16.0 Å². The molecule has 0 aliphatic heterocycles. The van der Waals surface area contributed by atoms with Gasteiger partial charge in [-0.15, -0.1) is 5.10 Å². The summed E-state index contributed by atoms with van der Waals surface area (Å²) in [6, 6.07) is 1.29. The summed E-state index contributed by atoms with van der Waals surface area (Å²) >= 11 is 0. The second-order valence-electron chi connectivity index (χ2n) is 3.34. The second kappa shape index (κ2) is 6.26. The van der Waals surface area contributed by atoms with Crippen molar-refractivity contribution >= 4 is 21.8 Å². The lowest BCUT2D eigenvalue weighted by atomic mass is 10.3. The molecule has 0 spiro atoms. The summed E-state index contributed by atoms with van der Waals surface area (Å²) in [4.78, 5) is 10.8. The van der Waals surface area contributed by atoms with E-state index in [-0.39, 0.29) is 23.7 Å². The zero-order valence-corrected chi connectivity index (χ0v) is 10.6. The molecule has 0 saturated heterocycles. The zero-order valence-electron chi connectivity index (χ0n) is 9.75. The van der Waals surface area contributed by atoms with Crippen LogP contribution in [0.3, 0.4) is 0 Å². The van der Waals surface area contributed by atoms with Crippen LogP contribution in [0, 0.1) is 0 Å². The maximum Gasteiger partial charge on any atom is 0.339 e. The van der Waals surface area contributed by atoms with Crippen LogP contribution in [0.2, 0.25) is 0 Å². The Balaban J connectivity index is 2.62. The predicted octanol–water partition coefficient (Wildman–Crippen LogP) is -0.474. The number of carbonyl (C=O) groups is 1. The molecule has 0 saturated carbocycles. The first-order valence-corrected chi connectivity index (χ1v) is 6.87. The number of carboxylic acids is 1. The number of nitrogens with one attached hydrogen (secondary N) is 2. The van der Waals surface area contributed by atoms with E-state index in [2.05, 4.69) is 20.2 Å². The first-order valence-electron chi connectivity index (χ1n) is 5.22. The van der Waals surface area contributed by atoms with Crippen molar-refractivity contribution in [2.45, 2.75) is 6.92 Å². The van der Waals surface area contributed by atoms with Gasteiger partial charge in [-0.2, -0.15) is 5.10 Å². The largest absolute Gasteiger partial charge is 0.478 e. The highest BCUT2D eigenvalue weighted by atomic mass is 32.2. The highest BCUT2D eigenvalue weighted by Crippen LogP contribution is 2.09. The topological polar surface area (TPSA) is 121 Å². The third-order valence-electron chi connectivity index (χ3n) is 1.98. The number of rotatable bonds is 7. The highest BCUT2D eigenvalue weighted by Gasteiger charge is 2.12. The quantitative estimate of drug-likeness (QED) is 0.614. The Hall–Kier alpha value is -1.74. The van der Waals surface area contributed by atoms with E-state index in [4.69, 9.17) is 5.11 Å². The maximum absolute atomic E-state index is 11.3. The van der Waals surface area contributed by atoms with E-state index in [0.29, 0.717) is 6.54 Å². The van der Waals surface area contributed by atoms with Gasteiger partial charge in [0.25, 0.3) is 0 Å². The van der Waals surface area contributed by atoms with Gasteiger partial charge in [-0.3, -0.25) is 0 Å². The van der Waals surface area contributed by atoms with Gasteiger partial charge in [-0.1, -0.05) is 6.92 Å². The van der Waals surface area contributed by atoms with Crippen molar-refractivity contribution in [1.82, 2.24) is 14.9 Å². The van der Waals surface area contributed by atoms with Gasteiger partial charge in [0.2, 0.25) is 10.0 Å². The minimum atomic E-state index is -3.34. The monoisotopic (exact) mass is 274 g/mol. The van der Waals surface area contributed by atoms with E-state index in [9.17, 15) is 13.2 Å². The minimum absolute atomic E-state index is 0.0499. The standard InChI is InChI=1S/C9H14N4O4S/c1-2-12-18(16,17)6-5-10-8-7(9(14)15)3-4-11-13-8/h3-4,12H,2,5-6H2,1H3,(H,10,13)(H,14,15). The number of nitrogens with zero attached hydrogens (tertiary/aromatic N) is 2. The maximum atomic E-state index is 11.3. The number of sulfonamides is 1. The number of carboxylic acid groups (broad SMARTS) is 1. The molecule has 8 nitrogen and oxygen atoms in total. The summed E-state index contributed by atoms with van der Waals surface area (Å²) < 4.78 is 25.0. The molecule has 1 rings (SSSR count). The molecule has 0 atom stereocenters. The minimum Gasteiger partial charge on any atom is -0.478 e. The lowest BCUT2D eigenvalue weighted by Crippen LogP contribution is -2.29. The van der Waals surface area contributed by atoms with Gasteiger partial charge in [0.1, 0.15) is 5.56 Å². The number of anilines is 1. The van der Waals surface area contributed by atoms with Crippen LogP contribution >= 0.6 is 0 Å². The molecule has 100 valence electrons. The Morgan fingerprint density at radius 3 is 2.83 bits per heavy atom. The number of hydrogen-bond donors (Lipinski definition) is 3. The number of aromatic nitrogens is 2. The molecule has 1 aromatic rings. The molecule has 0 unspecified atom stereocenters. The third-order valence-corrected chi connectivity index (χ3v) is 3.45. The van der Waals surface area contributed by atoms with Crippen LogP contribution in [0.15, 0.2) is 12.3 Å². The van der Waals surface area contributed by atoms with Crippen molar-refractivity contribution in [1.29, 1.82) is 0 Å². The van der Waals surface area contributed by atoms with Crippen LogP contribution in [0.5, 0.6) is 0 Å². The van der Waals surface area contributed by atoms with Gasteiger partial charge in [0.15, 0.2) is 5.82 Å². The van der Waals surface area contributed by atoms with Gasteiger partial charge >= 0.3 is 5.97 Å². The Labute approximate surface area is 104 Å². The molecule has 0 bridgehead atoms. The summed E-state index contributed by atoms with van der Waals surface area (Å²) in [7, 11) is -3.34. The third kappa shape index (κ3) is 4.26. The molecule has 1 heterocycles. The van der Waals surface area contributed by atoms with Crippen LogP contribution in [0.25, 0.3) is 0 Å². The summed E-state index contributed by atoms with van der Waals surface area (Å²) in [6.45, 7) is 2.04. The number of aromatic carboxylic acids is 1. The van der Waals surface area contributed by atoms with E-state index in [1.54, 1.807) is 6.92 Å². The predicted molar refractivity (Wildman–Crippen MR) is 64.9 cm³/mol. The lowest BCUT2D eigenvalue weighted by Gasteiger charge is -2.08. The Morgan fingerprint density at radius 2 is 2.22 bits per heavy atom. The number of hydrogen-bond acceptors (Lipinski definition) is 6. The first-order chi connectivity index (χ1) is 8.46. The van der Waals surface area contributed by atoms with Crippen molar-refractivity contribution in [2.24, 2.45) is 0 Å². The Morgan fingerprint density at radius 1 is 1.50 bits per heavy atom. The normalized spacial score (nSPS) is 11.2. The van der Waals surface area contributed by atoms with Gasteiger partial charge in [0, 0.05) is 13.1 Å². The average molecular weight is 274 g/mol. The van der Waals surface area contributed by atoms with E-state index in [1.807, 2.05) is 0 Å². The van der Waals surface area contributed by atoms with E-state index in [1.165, 1.54) is 12.3 Å². The summed E-state index contributed by atoms with van der Waals surface area (Å²) in [6.07, 6.45) is 1.25. The van der Waals surface area contributed by atoms with Gasteiger partial charge in [-0.25, -0.2) is 17.9 Å². The molecule has 0 aromatic carbocycles. The molecule has 0 aliphatic rings. The molecule has 0 amide bonds. The molecule has 0 aliphatic carbocycles. The van der Waals surface area contributed by atoms with Crippen molar-refractivity contribution in [3.05, 3.63) is 17.8 Å². The SMILES string of the molecule is CCNS(=O)(=O)CCNc1nnccc1C(=O)O. The smallest absolute Gasteiger partial charge is 0.339 e. The van der Waals surface area contributed by atoms with Crippen molar-refractivity contribution < 1.29 is 18.3 Å². The molecule has 0 radical (unpaired) electrons. The van der Waals surface area contributed by atoms with Gasteiger partial charge in [-0.05, 0) is 6.07 Å². The van der Waals surface area contributed by atoms with Crippen LogP contribution < -0.4 is 10.0 Å². The fraction of sp³-hybridized carbons (Fsp3) is 0.444. The van der Waals surface area contributed by atoms with Crippen LogP contribution in [0.4, 0.5) is 5.82 Å². The molecule has 0 fully saturated rings. The zero-order chi connectivity index (χ0) is 13.6. The summed E-state index contributed by atoms with van der Waals surface area (Å²) in [5.41, 5.74) is -0.0501. The molecular formula is C9H14N4O4S. The molecule has 1 aromatic heterocycles. The van der Waals surface area contributed by atoms with Crippen molar-refractivity contribution in [3.63, 3.8) is 0 Å². The molecule has 3 N–H and O–H groups in total. The van der Waals surface area contributed by atoms with E-state index in [0.717, 1.165) is 0 Å². The fourth-order valence-electron chi connectivity index (χ4n) is 1.23. The van der Waals surface area contributed by atoms with E-state index >= 15 is 0 Å². The van der Waals surface area contributed by atoms with Crippen molar-refractivity contribution in [3.8, 4) is 0 Å². The summed E-state index contributed by atoms with van der Waals surface area (Å²) in [5.74, 6) is -1.27.